The molecule has 1 aromatic carbocycles. The number of benzene rings is 1. The molecule has 0 bridgehead atoms. The van der Waals surface area contributed by atoms with E-state index in [9.17, 15) is 4.79 Å². The number of carbonyl (C=O) groups excluding carboxylic acids is 1. The molecule has 2 aliphatic heterocycles. The SMILES string of the molecule is COOSc1ccc(C2CCC3(CC3C3CCN(c4ncc(Cl)cn4)CC3)C(=O)O2)cc1. The lowest BCUT2D eigenvalue weighted by atomic mass is 9.83. The van der Waals surface area contributed by atoms with Crippen molar-refractivity contribution in [2.45, 2.75) is 43.1 Å². The van der Waals surface area contributed by atoms with E-state index in [0.29, 0.717) is 16.9 Å². The van der Waals surface area contributed by atoms with E-state index in [1.54, 1.807) is 12.4 Å². The molecular formula is C23H26ClN3O4S. The van der Waals surface area contributed by atoms with Gasteiger partial charge in [0, 0.05) is 18.0 Å². The monoisotopic (exact) mass is 475 g/mol. The van der Waals surface area contributed by atoms with Crippen molar-refractivity contribution in [2.24, 2.45) is 17.3 Å². The number of rotatable bonds is 6. The van der Waals surface area contributed by atoms with E-state index in [2.05, 4.69) is 19.8 Å². The third kappa shape index (κ3) is 4.33. The molecule has 2 aromatic rings. The Morgan fingerprint density at radius 3 is 2.53 bits per heavy atom. The first kappa shape index (κ1) is 21.9. The van der Waals surface area contributed by atoms with Crippen LogP contribution in [-0.2, 0) is 18.8 Å². The van der Waals surface area contributed by atoms with E-state index in [0.717, 1.165) is 73.6 Å². The van der Waals surface area contributed by atoms with Crippen LogP contribution in [0.1, 0.15) is 43.8 Å². The van der Waals surface area contributed by atoms with E-state index in [-0.39, 0.29) is 17.5 Å². The van der Waals surface area contributed by atoms with Gasteiger partial charge >= 0.3 is 5.97 Å². The number of nitrogens with zero attached hydrogens (tertiary/aromatic N) is 3. The van der Waals surface area contributed by atoms with Gasteiger partial charge in [-0.25, -0.2) is 14.9 Å². The predicted molar refractivity (Wildman–Crippen MR) is 121 cm³/mol. The van der Waals surface area contributed by atoms with Crippen LogP contribution in [0.25, 0.3) is 0 Å². The minimum Gasteiger partial charge on any atom is -0.457 e. The Bertz CT molecular complexity index is 953. The number of ether oxygens (including phenoxy) is 1. The molecule has 2 saturated heterocycles. The van der Waals surface area contributed by atoms with Crippen LogP contribution in [0.15, 0.2) is 41.6 Å². The summed E-state index contributed by atoms with van der Waals surface area (Å²) < 4.78 is 10.8. The Morgan fingerprint density at radius 1 is 1.16 bits per heavy atom. The average Bonchev–Trinajstić information content (AvgIpc) is 3.56. The highest BCUT2D eigenvalue weighted by atomic mass is 35.5. The van der Waals surface area contributed by atoms with E-state index in [4.69, 9.17) is 20.7 Å². The summed E-state index contributed by atoms with van der Waals surface area (Å²) in [5, 5.41) is 0.549. The van der Waals surface area contributed by atoms with Gasteiger partial charge in [-0.3, -0.25) is 4.79 Å². The number of cyclic esters (lactones) is 1. The first-order valence-electron chi connectivity index (χ1n) is 11.0. The highest BCUT2D eigenvalue weighted by Gasteiger charge is 2.64. The normalized spacial score (nSPS) is 28.1. The molecule has 3 atom stereocenters. The number of hydrogen-bond acceptors (Lipinski definition) is 8. The lowest BCUT2D eigenvalue weighted by Gasteiger charge is -2.34. The van der Waals surface area contributed by atoms with Crippen molar-refractivity contribution in [2.75, 3.05) is 25.1 Å². The van der Waals surface area contributed by atoms with Crippen LogP contribution in [0.5, 0.6) is 0 Å². The van der Waals surface area contributed by atoms with Gasteiger partial charge in [0.1, 0.15) is 6.10 Å². The van der Waals surface area contributed by atoms with Crippen molar-refractivity contribution in [1.29, 1.82) is 0 Å². The fourth-order valence-electron chi connectivity index (χ4n) is 5.29. The summed E-state index contributed by atoms with van der Waals surface area (Å²) in [4.78, 5) is 29.5. The summed E-state index contributed by atoms with van der Waals surface area (Å²) in [6, 6.07) is 7.90. The Morgan fingerprint density at radius 2 is 1.88 bits per heavy atom. The molecule has 3 heterocycles. The van der Waals surface area contributed by atoms with Crippen molar-refractivity contribution in [3.05, 3.63) is 47.2 Å². The van der Waals surface area contributed by atoms with Crippen LogP contribution < -0.4 is 4.90 Å². The maximum Gasteiger partial charge on any atom is 0.312 e. The summed E-state index contributed by atoms with van der Waals surface area (Å²) in [7, 11) is 1.47. The molecule has 3 aliphatic rings. The van der Waals surface area contributed by atoms with Crippen LogP contribution in [0.4, 0.5) is 5.95 Å². The molecular weight excluding hydrogens is 450 g/mol. The molecule has 0 amide bonds. The summed E-state index contributed by atoms with van der Waals surface area (Å²) in [6.45, 7) is 1.82. The molecule has 0 radical (unpaired) electrons. The molecule has 3 unspecified atom stereocenters. The Labute approximate surface area is 196 Å². The lowest BCUT2D eigenvalue weighted by Crippen LogP contribution is -2.37. The average molecular weight is 476 g/mol. The van der Waals surface area contributed by atoms with Crippen molar-refractivity contribution in [3.63, 3.8) is 0 Å². The van der Waals surface area contributed by atoms with Gasteiger partial charge in [-0.05, 0) is 61.6 Å². The molecule has 1 aromatic heterocycles. The zero-order valence-corrected chi connectivity index (χ0v) is 19.5. The zero-order valence-electron chi connectivity index (χ0n) is 17.9. The minimum atomic E-state index is -0.262. The van der Waals surface area contributed by atoms with Gasteiger partial charge in [0.2, 0.25) is 5.95 Å². The Balaban J connectivity index is 1.15. The first-order valence-corrected chi connectivity index (χ1v) is 12.1. The van der Waals surface area contributed by atoms with Gasteiger partial charge in [0.25, 0.3) is 0 Å². The van der Waals surface area contributed by atoms with Crippen LogP contribution in [0, 0.1) is 17.3 Å². The molecule has 0 N–H and O–H groups in total. The molecule has 170 valence electrons. The van der Waals surface area contributed by atoms with Gasteiger partial charge in [0.15, 0.2) is 0 Å². The summed E-state index contributed by atoms with van der Waals surface area (Å²) in [6.07, 6.45) is 7.96. The summed E-state index contributed by atoms with van der Waals surface area (Å²) in [5.41, 5.74) is 0.769. The number of esters is 1. The van der Waals surface area contributed by atoms with E-state index in [1.807, 2.05) is 24.3 Å². The van der Waals surface area contributed by atoms with Crippen molar-refractivity contribution in [3.8, 4) is 0 Å². The van der Waals surface area contributed by atoms with Crippen LogP contribution in [0.2, 0.25) is 5.02 Å². The van der Waals surface area contributed by atoms with Crippen LogP contribution in [0.3, 0.4) is 0 Å². The Kier molecular flexibility index (Phi) is 6.29. The summed E-state index contributed by atoms with van der Waals surface area (Å²) >= 11 is 7.05. The second-order valence-electron chi connectivity index (χ2n) is 8.81. The van der Waals surface area contributed by atoms with Gasteiger partial charge in [-0.15, -0.1) is 0 Å². The molecule has 5 rings (SSSR count). The lowest BCUT2D eigenvalue weighted by molar-refractivity contribution is -0.164. The van der Waals surface area contributed by atoms with E-state index < -0.39 is 0 Å². The predicted octanol–water partition coefficient (Wildman–Crippen LogP) is 5.02. The molecule has 1 aliphatic carbocycles. The molecule has 7 nitrogen and oxygen atoms in total. The highest BCUT2D eigenvalue weighted by molar-refractivity contribution is 7.94. The van der Waals surface area contributed by atoms with Crippen LogP contribution in [-0.4, -0.2) is 36.1 Å². The van der Waals surface area contributed by atoms with E-state index >= 15 is 0 Å². The Hall–Kier alpha value is -1.87. The third-order valence-corrected chi connectivity index (χ3v) is 7.95. The molecule has 1 saturated carbocycles. The molecule has 32 heavy (non-hydrogen) atoms. The van der Waals surface area contributed by atoms with Gasteiger partial charge < -0.3 is 9.64 Å². The van der Waals surface area contributed by atoms with Crippen molar-refractivity contribution in [1.82, 2.24) is 9.97 Å². The number of aromatic nitrogens is 2. The quantitative estimate of drug-likeness (QED) is 0.249. The fraction of sp³-hybridized carbons (Fsp3) is 0.522. The summed E-state index contributed by atoms with van der Waals surface area (Å²) in [5.74, 6) is 1.72. The highest BCUT2D eigenvalue weighted by Crippen LogP contribution is 2.64. The first-order chi connectivity index (χ1) is 15.6. The largest absolute Gasteiger partial charge is 0.457 e. The maximum atomic E-state index is 13.0. The zero-order chi connectivity index (χ0) is 22.1. The van der Waals surface area contributed by atoms with Gasteiger partial charge in [-0.2, -0.15) is 4.33 Å². The topological polar surface area (TPSA) is 73.8 Å². The molecule has 3 fully saturated rings. The molecule has 1 spiro atoms. The van der Waals surface area contributed by atoms with E-state index in [1.165, 1.54) is 7.11 Å². The smallest absolute Gasteiger partial charge is 0.312 e. The standard InChI is InChI=1S/C23H26ClN3O4S/c1-29-31-32-18-4-2-16(3-5-18)20-6-9-23(21(28)30-20)12-19(23)15-7-10-27(11-8-15)22-25-13-17(24)14-26-22/h2-5,13-15,19-20H,6-12H2,1H3. The van der Waals surface area contributed by atoms with Crippen LogP contribution >= 0.6 is 23.6 Å². The number of piperidine rings is 1. The van der Waals surface area contributed by atoms with Gasteiger partial charge in [-0.1, -0.05) is 23.7 Å². The second-order valence-corrected chi connectivity index (χ2v) is 10.0. The number of halogens is 1. The minimum absolute atomic E-state index is 0.0108. The van der Waals surface area contributed by atoms with Crippen molar-refractivity contribution >= 4 is 35.6 Å². The van der Waals surface area contributed by atoms with Gasteiger partial charge in [0.05, 0.1) is 42.0 Å². The third-order valence-electron chi connectivity index (χ3n) is 7.09. The molecule has 9 heteroatoms. The number of carbonyl (C=O) groups is 1. The van der Waals surface area contributed by atoms with Crippen molar-refractivity contribution < 1.29 is 18.8 Å². The number of anilines is 1. The number of hydrogen-bond donors (Lipinski definition) is 0. The second kappa shape index (κ2) is 9.17. The maximum absolute atomic E-state index is 13.0. The fourth-order valence-corrected chi connectivity index (χ4v) is 5.78.